The normalized spacial score (nSPS) is 12.7. The maximum Gasteiger partial charge on any atom is 0.319 e. The summed E-state index contributed by atoms with van der Waals surface area (Å²) in [6, 6.07) is 6.08. The number of nitrogens with zero attached hydrogens (tertiary/aromatic N) is 1. The van der Waals surface area contributed by atoms with E-state index in [0.29, 0.717) is 12.1 Å². The predicted octanol–water partition coefficient (Wildman–Crippen LogP) is 2.18. The lowest BCUT2D eigenvalue weighted by Crippen LogP contribution is -2.37. The first-order valence-electron chi connectivity index (χ1n) is 7.54. The first-order valence-corrected chi connectivity index (χ1v) is 9.43. The number of aryl methyl sites for hydroxylation is 2. The summed E-state index contributed by atoms with van der Waals surface area (Å²) in [5.41, 5.74) is 3.09. The molecule has 130 valence electrons. The summed E-state index contributed by atoms with van der Waals surface area (Å²) in [6.07, 6.45) is 1.73. The van der Waals surface area contributed by atoms with Crippen molar-refractivity contribution >= 4 is 21.6 Å². The third-order valence-electron chi connectivity index (χ3n) is 3.54. The Morgan fingerprint density at radius 1 is 1.29 bits per heavy atom. The second kappa shape index (κ2) is 7.04. The van der Waals surface area contributed by atoms with Crippen molar-refractivity contribution in [3.05, 3.63) is 41.2 Å². The summed E-state index contributed by atoms with van der Waals surface area (Å²) in [5, 5.41) is 12.5. The molecule has 1 atom stereocenters. The summed E-state index contributed by atoms with van der Waals surface area (Å²) in [5.74, 6) is 0. The van der Waals surface area contributed by atoms with Crippen molar-refractivity contribution in [1.82, 2.24) is 15.5 Å². The molecule has 0 fully saturated rings. The van der Waals surface area contributed by atoms with Gasteiger partial charge < -0.3 is 10.6 Å². The average molecular weight is 350 g/mol. The van der Waals surface area contributed by atoms with Crippen molar-refractivity contribution in [2.24, 2.45) is 0 Å². The van der Waals surface area contributed by atoms with Crippen LogP contribution in [-0.4, -0.2) is 36.9 Å². The van der Waals surface area contributed by atoms with Crippen LogP contribution in [0.1, 0.15) is 23.9 Å². The van der Waals surface area contributed by atoms with E-state index in [4.69, 9.17) is 0 Å². The monoisotopic (exact) mass is 350 g/mol. The van der Waals surface area contributed by atoms with Crippen molar-refractivity contribution < 1.29 is 13.2 Å². The molecule has 1 heterocycles. The molecule has 0 aliphatic rings. The highest BCUT2D eigenvalue weighted by molar-refractivity contribution is 7.90. The molecule has 3 N–H and O–H groups in total. The number of hydrogen-bond donors (Lipinski definition) is 3. The van der Waals surface area contributed by atoms with Crippen LogP contribution in [0.25, 0.3) is 0 Å². The van der Waals surface area contributed by atoms with Crippen LogP contribution in [0, 0.1) is 13.8 Å². The predicted molar refractivity (Wildman–Crippen MR) is 92.9 cm³/mol. The molecule has 0 spiro atoms. The van der Waals surface area contributed by atoms with Crippen LogP contribution in [0.3, 0.4) is 0 Å². The van der Waals surface area contributed by atoms with Crippen LogP contribution >= 0.6 is 0 Å². The smallest absolute Gasteiger partial charge is 0.319 e. The number of nitrogens with one attached hydrogen (secondary N) is 3. The summed E-state index contributed by atoms with van der Waals surface area (Å²) < 4.78 is 23.3. The number of benzene rings is 1. The highest BCUT2D eigenvalue weighted by Gasteiger charge is 2.13. The van der Waals surface area contributed by atoms with Crippen molar-refractivity contribution in [3.63, 3.8) is 0 Å². The van der Waals surface area contributed by atoms with Gasteiger partial charge in [-0.3, -0.25) is 5.10 Å². The van der Waals surface area contributed by atoms with Gasteiger partial charge in [0.15, 0.2) is 9.84 Å². The quantitative estimate of drug-likeness (QED) is 0.769. The van der Waals surface area contributed by atoms with Gasteiger partial charge in [-0.1, -0.05) is 6.07 Å². The number of sulfone groups is 1. The highest BCUT2D eigenvalue weighted by Crippen LogP contribution is 2.20. The van der Waals surface area contributed by atoms with Crippen LogP contribution in [-0.2, 0) is 16.3 Å². The van der Waals surface area contributed by atoms with E-state index in [1.807, 2.05) is 19.9 Å². The van der Waals surface area contributed by atoms with E-state index in [0.717, 1.165) is 23.2 Å². The van der Waals surface area contributed by atoms with Crippen LogP contribution in [0.2, 0.25) is 0 Å². The molecule has 1 unspecified atom stereocenters. The molecule has 2 amide bonds. The Morgan fingerprint density at radius 2 is 2.00 bits per heavy atom. The standard InChI is InChI=1S/C16H22N4O3S/c1-10-5-6-14(24(4,22)23)9-15(10)18-16(21)17-11(2)7-13-8-12(3)19-20-13/h5-6,8-9,11H,7H2,1-4H3,(H,19,20)(H2,17,18,21). The van der Waals surface area contributed by atoms with Crippen LogP contribution in [0.4, 0.5) is 10.5 Å². The summed E-state index contributed by atoms with van der Waals surface area (Å²) in [7, 11) is -3.32. The van der Waals surface area contributed by atoms with Crippen LogP contribution < -0.4 is 10.6 Å². The van der Waals surface area contributed by atoms with E-state index in [1.165, 1.54) is 12.1 Å². The molecular formula is C16H22N4O3S. The second-order valence-electron chi connectivity index (χ2n) is 5.99. The second-order valence-corrected chi connectivity index (χ2v) is 8.01. The maximum atomic E-state index is 12.1. The van der Waals surface area contributed by atoms with E-state index in [2.05, 4.69) is 20.8 Å². The fourth-order valence-corrected chi connectivity index (χ4v) is 2.94. The van der Waals surface area contributed by atoms with Crippen molar-refractivity contribution in [3.8, 4) is 0 Å². The Balaban J connectivity index is 2.01. The van der Waals surface area contributed by atoms with Gasteiger partial charge in [-0.05, 0) is 44.5 Å². The molecule has 0 bridgehead atoms. The lowest BCUT2D eigenvalue weighted by Gasteiger charge is -2.15. The fourth-order valence-electron chi connectivity index (χ4n) is 2.29. The zero-order valence-corrected chi connectivity index (χ0v) is 15.0. The summed E-state index contributed by atoms with van der Waals surface area (Å²) in [6.45, 7) is 5.60. The number of urea groups is 1. The Morgan fingerprint density at radius 3 is 2.58 bits per heavy atom. The highest BCUT2D eigenvalue weighted by atomic mass is 32.2. The van der Waals surface area contributed by atoms with Crippen LogP contribution in [0.15, 0.2) is 29.2 Å². The zero-order chi connectivity index (χ0) is 17.9. The molecule has 0 saturated carbocycles. The molecule has 0 radical (unpaired) electrons. The third-order valence-corrected chi connectivity index (χ3v) is 4.65. The average Bonchev–Trinajstić information content (AvgIpc) is 2.84. The number of carbonyl (C=O) groups excluding carboxylic acids is 1. The molecule has 8 heteroatoms. The molecule has 0 aliphatic carbocycles. The van der Waals surface area contributed by atoms with Crippen LogP contribution in [0.5, 0.6) is 0 Å². The Labute approximate surface area is 141 Å². The number of H-pyrrole nitrogens is 1. The van der Waals surface area contributed by atoms with Crippen molar-refractivity contribution in [2.75, 3.05) is 11.6 Å². The van der Waals surface area contributed by atoms with Gasteiger partial charge in [-0.2, -0.15) is 5.10 Å². The number of aromatic amines is 1. The van der Waals surface area contributed by atoms with E-state index < -0.39 is 9.84 Å². The van der Waals surface area contributed by atoms with E-state index in [9.17, 15) is 13.2 Å². The molecule has 1 aromatic carbocycles. The number of hydrogen-bond acceptors (Lipinski definition) is 4. The van der Waals surface area contributed by atoms with Gasteiger partial charge in [-0.15, -0.1) is 0 Å². The largest absolute Gasteiger partial charge is 0.335 e. The minimum atomic E-state index is -3.32. The topological polar surface area (TPSA) is 104 Å². The minimum Gasteiger partial charge on any atom is -0.335 e. The molecule has 1 aromatic heterocycles. The SMILES string of the molecule is Cc1cc(CC(C)NC(=O)Nc2cc(S(C)(=O)=O)ccc2C)n[nH]1. The Hall–Kier alpha value is -2.35. The number of amides is 2. The van der Waals surface area contributed by atoms with E-state index in [1.54, 1.807) is 13.0 Å². The minimum absolute atomic E-state index is 0.119. The Bertz CT molecular complexity index is 843. The van der Waals surface area contributed by atoms with Crippen molar-refractivity contribution in [1.29, 1.82) is 0 Å². The number of rotatable bonds is 5. The van der Waals surface area contributed by atoms with Gasteiger partial charge in [0.2, 0.25) is 0 Å². The summed E-state index contributed by atoms with van der Waals surface area (Å²) >= 11 is 0. The van der Waals surface area contributed by atoms with Gasteiger partial charge in [0, 0.05) is 30.1 Å². The first-order chi connectivity index (χ1) is 11.1. The van der Waals surface area contributed by atoms with Gasteiger partial charge in [-0.25, -0.2) is 13.2 Å². The van der Waals surface area contributed by atoms with Crippen molar-refractivity contribution in [2.45, 2.75) is 38.1 Å². The molecule has 2 aromatic rings. The van der Waals surface area contributed by atoms with Gasteiger partial charge in [0.05, 0.1) is 10.6 Å². The first kappa shape index (κ1) is 18.0. The van der Waals surface area contributed by atoms with E-state index >= 15 is 0 Å². The maximum absolute atomic E-state index is 12.1. The summed E-state index contributed by atoms with van der Waals surface area (Å²) in [4.78, 5) is 12.3. The van der Waals surface area contributed by atoms with E-state index in [-0.39, 0.29) is 17.0 Å². The number of anilines is 1. The lowest BCUT2D eigenvalue weighted by molar-refractivity contribution is 0.249. The third kappa shape index (κ3) is 4.82. The molecule has 2 rings (SSSR count). The fraction of sp³-hybridized carbons (Fsp3) is 0.375. The molecule has 24 heavy (non-hydrogen) atoms. The van der Waals surface area contributed by atoms with Gasteiger partial charge >= 0.3 is 6.03 Å². The Kier molecular flexibility index (Phi) is 5.28. The molecular weight excluding hydrogens is 328 g/mol. The number of carbonyl (C=O) groups is 1. The number of aromatic nitrogens is 2. The molecule has 7 nitrogen and oxygen atoms in total. The lowest BCUT2D eigenvalue weighted by atomic mass is 10.2. The molecule has 0 aliphatic heterocycles. The van der Waals surface area contributed by atoms with Gasteiger partial charge in [0.1, 0.15) is 0 Å². The van der Waals surface area contributed by atoms with Gasteiger partial charge in [0.25, 0.3) is 0 Å². The molecule has 0 saturated heterocycles. The zero-order valence-electron chi connectivity index (χ0n) is 14.2.